The Morgan fingerprint density at radius 1 is 1.30 bits per heavy atom. The third kappa shape index (κ3) is 4.49. The van der Waals surface area contributed by atoms with Gasteiger partial charge in [-0.1, -0.05) is 25.4 Å². The maximum Gasteiger partial charge on any atom is 0.135 e. The van der Waals surface area contributed by atoms with Gasteiger partial charge in [-0.2, -0.15) is 0 Å². The van der Waals surface area contributed by atoms with Crippen LogP contribution in [0, 0.1) is 0 Å². The fourth-order valence-electron chi connectivity index (χ4n) is 1.84. The first-order chi connectivity index (χ1) is 9.65. The molecule has 0 fully saturated rings. The van der Waals surface area contributed by atoms with E-state index in [4.69, 9.17) is 11.6 Å². The molecule has 0 radical (unpaired) electrons. The van der Waals surface area contributed by atoms with Crippen molar-refractivity contribution in [1.82, 2.24) is 19.5 Å². The number of nitrogens with zero attached hydrogens (tertiary/aromatic N) is 4. The van der Waals surface area contributed by atoms with Gasteiger partial charge in [0, 0.05) is 37.5 Å². The van der Waals surface area contributed by atoms with Crippen LogP contribution in [-0.4, -0.2) is 26.1 Å². The monoisotopic (exact) mass is 293 g/mol. The zero-order chi connectivity index (χ0) is 14.4. The zero-order valence-electron chi connectivity index (χ0n) is 11.9. The first kappa shape index (κ1) is 14.8. The lowest BCUT2D eigenvalue weighted by Crippen LogP contribution is -2.07. The van der Waals surface area contributed by atoms with E-state index in [2.05, 4.69) is 38.7 Å². The number of anilines is 1. The van der Waals surface area contributed by atoms with E-state index in [0.29, 0.717) is 5.15 Å². The van der Waals surface area contributed by atoms with Gasteiger partial charge in [0.05, 0.1) is 6.33 Å². The summed E-state index contributed by atoms with van der Waals surface area (Å²) < 4.78 is 2.08. The number of nitrogens with one attached hydrogen (secondary N) is 1. The van der Waals surface area contributed by atoms with Gasteiger partial charge in [-0.15, -0.1) is 0 Å². The van der Waals surface area contributed by atoms with Crippen LogP contribution in [0.25, 0.3) is 0 Å². The Morgan fingerprint density at radius 3 is 2.85 bits per heavy atom. The van der Waals surface area contributed by atoms with E-state index in [1.54, 1.807) is 12.3 Å². The van der Waals surface area contributed by atoms with Gasteiger partial charge in [0.15, 0.2) is 0 Å². The first-order valence-electron chi connectivity index (χ1n) is 6.89. The second-order valence-electron chi connectivity index (χ2n) is 5.02. The van der Waals surface area contributed by atoms with E-state index in [1.165, 1.54) is 0 Å². The Labute approximate surface area is 124 Å². The molecule has 0 unspecified atom stereocenters. The van der Waals surface area contributed by atoms with Gasteiger partial charge in [-0.3, -0.25) is 0 Å². The molecule has 0 atom stereocenters. The van der Waals surface area contributed by atoms with Crippen LogP contribution in [0.4, 0.5) is 5.82 Å². The summed E-state index contributed by atoms with van der Waals surface area (Å²) in [4.78, 5) is 12.7. The summed E-state index contributed by atoms with van der Waals surface area (Å²) in [5.41, 5.74) is 0. The minimum absolute atomic E-state index is 0.274. The molecule has 0 aliphatic heterocycles. The van der Waals surface area contributed by atoms with Crippen LogP contribution in [0.2, 0.25) is 5.15 Å². The van der Waals surface area contributed by atoms with Gasteiger partial charge in [-0.25, -0.2) is 15.0 Å². The molecule has 0 saturated carbocycles. The quantitative estimate of drug-likeness (QED) is 0.628. The number of unbranched alkanes of at least 4 members (excludes halogenated alkanes) is 1. The topological polar surface area (TPSA) is 55.6 Å². The Hall–Kier alpha value is -1.62. The predicted octanol–water partition coefficient (Wildman–Crippen LogP) is 3.34. The molecule has 2 heterocycles. The van der Waals surface area contributed by atoms with E-state index in [1.807, 2.05) is 12.5 Å². The standard InChI is InChI=1S/C14H20ClN5/c1-11(2)14-18-12(15)9-13(19-14)17-5-3-4-7-20-8-6-16-10-20/h6,8-11H,3-5,7H2,1-2H3,(H,17,18,19). The van der Waals surface area contributed by atoms with Gasteiger partial charge in [0.25, 0.3) is 0 Å². The summed E-state index contributed by atoms with van der Waals surface area (Å²) >= 11 is 6.00. The summed E-state index contributed by atoms with van der Waals surface area (Å²) in [5, 5.41) is 3.79. The summed E-state index contributed by atoms with van der Waals surface area (Å²) in [6.45, 7) is 5.98. The van der Waals surface area contributed by atoms with Crippen LogP contribution in [0.1, 0.15) is 38.4 Å². The lowest BCUT2D eigenvalue weighted by Gasteiger charge is -2.09. The molecule has 0 aromatic carbocycles. The Bertz CT molecular complexity index is 524. The minimum Gasteiger partial charge on any atom is -0.370 e. The molecule has 0 saturated heterocycles. The lowest BCUT2D eigenvalue weighted by molar-refractivity contribution is 0.620. The second-order valence-corrected chi connectivity index (χ2v) is 5.41. The molecule has 0 aliphatic rings. The van der Waals surface area contributed by atoms with Gasteiger partial charge in [0.2, 0.25) is 0 Å². The third-order valence-electron chi connectivity index (χ3n) is 2.94. The maximum absolute atomic E-state index is 6.00. The average molecular weight is 294 g/mol. The number of hydrogen-bond donors (Lipinski definition) is 1. The van der Waals surface area contributed by atoms with Gasteiger partial charge < -0.3 is 9.88 Å². The second kappa shape index (κ2) is 7.24. The highest BCUT2D eigenvalue weighted by atomic mass is 35.5. The van der Waals surface area contributed by atoms with Crippen molar-refractivity contribution in [3.05, 3.63) is 35.8 Å². The van der Waals surface area contributed by atoms with E-state index in [0.717, 1.165) is 37.6 Å². The number of halogens is 1. The van der Waals surface area contributed by atoms with Crippen molar-refractivity contribution in [2.24, 2.45) is 0 Å². The summed E-state index contributed by atoms with van der Waals surface area (Å²) in [7, 11) is 0. The van der Waals surface area contributed by atoms with Crippen molar-refractivity contribution in [3.63, 3.8) is 0 Å². The Morgan fingerprint density at radius 2 is 2.15 bits per heavy atom. The smallest absolute Gasteiger partial charge is 0.135 e. The van der Waals surface area contributed by atoms with E-state index < -0.39 is 0 Å². The van der Waals surface area contributed by atoms with Crippen molar-refractivity contribution >= 4 is 17.4 Å². The fraction of sp³-hybridized carbons (Fsp3) is 0.500. The van der Waals surface area contributed by atoms with Crippen molar-refractivity contribution in [1.29, 1.82) is 0 Å². The summed E-state index contributed by atoms with van der Waals surface area (Å²) in [6, 6.07) is 1.77. The first-order valence-corrected chi connectivity index (χ1v) is 7.27. The number of hydrogen-bond acceptors (Lipinski definition) is 4. The van der Waals surface area contributed by atoms with E-state index >= 15 is 0 Å². The number of aryl methyl sites for hydroxylation is 1. The molecule has 0 spiro atoms. The van der Waals surface area contributed by atoms with Crippen LogP contribution in [0.3, 0.4) is 0 Å². The Balaban J connectivity index is 1.76. The molecule has 0 aliphatic carbocycles. The molecule has 20 heavy (non-hydrogen) atoms. The maximum atomic E-state index is 6.00. The molecule has 2 rings (SSSR count). The molecule has 108 valence electrons. The molecule has 1 N–H and O–H groups in total. The zero-order valence-corrected chi connectivity index (χ0v) is 12.6. The van der Waals surface area contributed by atoms with Crippen molar-refractivity contribution in [3.8, 4) is 0 Å². The predicted molar refractivity (Wildman–Crippen MR) is 81.1 cm³/mol. The van der Waals surface area contributed by atoms with Gasteiger partial charge >= 0.3 is 0 Å². The molecule has 6 heteroatoms. The van der Waals surface area contributed by atoms with Crippen molar-refractivity contribution in [2.75, 3.05) is 11.9 Å². The lowest BCUT2D eigenvalue weighted by atomic mass is 10.2. The summed E-state index contributed by atoms with van der Waals surface area (Å²) in [5.74, 6) is 1.85. The molecule has 2 aromatic rings. The van der Waals surface area contributed by atoms with Crippen LogP contribution < -0.4 is 5.32 Å². The van der Waals surface area contributed by atoms with Crippen molar-refractivity contribution < 1.29 is 0 Å². The fourth-order valence-corrected chi connectivity index (χ4v) is 2.03. The highest BCUT2D eigenvalue weighted by Gasteiger charge is 2.06. The Kier molecular flexibility index (Phi) is 5.35. The molecule has 0 amide bonds. The third-order valence-corrected chi connectivity index (χ3v) is 3.13. The highest BCUT2D eigenvalue weighted by Crippen LogP contribution is 2.16. The molecular formula is C14H20ClN5. The van der Waals surface area contributed by atoms with Gasteiger partial charge in [0.1, 0.15) is 16.8 Å². The highest BCUT2D eigenvalue weighted by molar-refractivity contribution is 6.29. The van der Waals surface area contributed by atoms with Crippen LogP contribution in [-0.2, 0) is 6.54 Å². The molecule has 0 bridgehead atoms. The van der Waals surface area contributed by atoms with Crippen LogP contribution in [0.15, 0.2) is 24.8 Å². The van der Waals surface area contributed by atoms with Crippen LogP contribution in [0.5, 0.6) is 0 Å². The molecule has 5 nitrogen and oxygen atoms in total. The largest absolute Gasteiger partial charge is 0.370 e. The minimum atomic E-state index is 0.274. The molecular weight excluding hydrogens is 274 g/mol. The SMILES string of the molecule is CC(C)c1nc(Cl)cc(NCCCCn2ccnc2)n1. The van der Waals surface area contributed by atoms with E-state index in [-0.39, 0.29) is 5.92 Å². The van der Waals surface area contributed by atoms with Crippen LogP contribution >= 0.6 is 11.6 Å². The summed E-state index contributed by atoms with van der Waals surface area (Å²) in [6.07, 6.45) is 7.78. The van der Waals surface area contributed by atoms with Crippen molar-refractivity contribution in [2.45, 2.75) is 39.2 Å². The number of rotatable bonds is 7. The van der Waals surface area contributed by atoms with Gasteiger partial charge in [-0.05, 0) is 12.8 Å². The normalized spacial score (nSPS) is 11.0. The van der Waals surface area contributed by atoms with E-state index in [9.17, 15) is 0 Å². The number of imidazole rings is 1. The number of aromatic nitrogens is 4. The average Bonchev–Trinajstić information content (AvgIpc) is 2.91. The molecule has 2 aromatic heterocycles.